The van der Waals surface area contributed by atoms with E-state index < -0.39 is 0 Å². The molecule has 3 heterocycles. The average Bonchev–Trinajstić information content (AvgIpc) is 3.09. The Kier molecular flexibility index (Phi) is 4.18. The minimum atomic E-state index is -0.267. The molecule has 4 rings (SSSR count). The number of aromatic amines is 1. The lowest BCUT2D eigenvalue weighted by Gasteiger charge is -2.36. The first-order valence-electron chi connectivity index (χ1n) is 8.24. The zero-order valence-corrected chi connectivity index (χ0v) is 13.8. The van der Waals surface area contributed by atoms with Crippen molar-refractivity contribution in [1.29, 1.82) is 0 Å². The molecule has 7 nitrogen and oxygen atoms in total. The van der Waals surface area contributed by atoms with Crippen LogP contribution in [0.3, 0.4) is 0 Å². The molecule has 1 aromatic carbocycles. The van der Waals surface area contributed by atoms with E-state index in [0.29, 0.717) is 24.5 Å². The summed E-state index contributed by atoms with van der Waals surface area (Å²) < 4.78 is 5.27. The Balaban J connectivity index is 1.38. The summed E-state index contributed by atoms with van der Waals surface area (Å²) in [5, 5.41) is 3.87. The number of H-pyrrole nitrogens is 1. The number of pyridine rings is 1. The van der Waals surface area contributed by atoms with Crippen molar-refractivity contribution < 1.29 is 9.32 Å². The van der Waals surface area contributed by atoms with Crippen molar-refractivity contribution in [3.05, 3.63) is 76.5 Å². The molecule has 0 spiro atoms. The summed E-state index contributed by atoms with van der Waals surface area (Å²) in [6.07, 6.45) is 4.90. The van der Waals surface area contributed by atoms with E-state index in [2.05, 4.69) is 15.1 Å². The Morgan fingerprint density at radius 3 is 2.77 bits per heavy atom. The van der Waals surface area contributed by atoms with E-state index in [1.165, 1.54) is 0 Å². The molecule has 1 fully saturated rings. The van der Waals surface area contributed by atoms with Gasteiger partial charge in [0.2, 0.25) is 17.6 Å². The van der Waals surface area contributed by atoms with Crippen LogP contribution in [-0.2, 0) is 4.79 Å². The highest BCUT2D eigenvalue weighted by atomic mass is 16.5. The molecule has 1 aliphatic heterocycles. The van der Waals surface area contributed by atoms with E-state index in [1.807, 2.05) is 30.3 Å². The fraction of sp³-hybridized carbons (Fsp3) is 0.158. The molecule has 0 aliphatic carbocycles. The van der Waals surface area contributed by atoms with Gasteiger partial charge < -0.3 is 14.4 Å². The van der Waals surface area contributed by atoms with Crippen LogP contribution in [0.5, 0.6) is 0 Å². The summed E-state index contributed by atoms with van der Waals surface area (Å²) in [4.78, 5) is 32.5. The monoisotopic (exact) mass is 348 g/mol. The summed E-state index contributed by atoms with van der Waals surface area (Å²) in [5.41, 5.74) is 1.07. The van der Waals surface area contributed by atoms with Gasteiger partial charge >= 0.3 is 0 Å². The first kappa shape index (κ1) is 16.0. The lowest BCUT2D eigenvalue weighted by Crippen LogP contribution is -2.47. The van der Waals surface area contributed by atoms with Gasteiger partial charge in [0.05, 0.1) is 11.5 Å². The summed E-state index contributed by atoms with van der Waals surface area (Å²) in [6.45, 7) is 1.04. The number of rotatable bonds is 4. The van der Waals surface area contributed by atoms with Crippen LogP contribution in [0.1, 0.15) is 17.4 Å². The lowest BCUT2D eigenvalue weighted by atomic mass is 10.00. The van der Waals surface area contributed by atoms with Gasteiger partial charge in [-0.1, -0.05) is 35.5 Å². The third-order valence-electron chi connectivity index (χ3n) is 4.26. The number of carbonyl (C=O) groups excluding carboxylic acids is 1. The molecular formula is C19H16N4O3. The van der Waals surface area contributed by atoms with Gasteiger partial charge in [0.1, 0.15) is 0 Å². The largest absolute Gasteiger partial charge is 0.339 e. The van der Waals surface area contributed by atoms with Gasteiger partial charge in [-0.15, -0.1) is 0 Å². The van der Waals surface area contributed by atoms with Gasteiger partial charge in [0, 0.05) is 25.4 Å². The molecule has 1 saturated heterocycles. The van der Waals surface area contributed by atoms with Crippen LogP contribution in [0.25, 0.3) is 17.5 Å². The molecule has 1 N–H and O–H groups in total. The van der Waals surface area contributed by atoms with Gasteiger partial charge in [-0.2, -0.15) is 4.98 Å². The summed E-state index contributed by atoms with van der Waals surface area (Å²) >= 11 is 0. The second-order valence-electron chi connectivity index (χ2n) is 6.05. The van der Waals surface area contributed by atoms with Crippen molar-refractivity contribution in [3.8, 4) is 11.4 Å². The van der Waals surface area contributed by atoms with Crippen LogP contribution in [0.2, 0.25) is 0 Å². The maximum absolute atomic E-state index is 12.2. The Hall–Kier alpha value is -3.48. The van der Waals surface area contributed by atoms with E-state index in [9.17, 15) is 9.59 Å². The third kappa shape index (κ3) is 3.19. The zero-order chi connectivity index (χ0) is 17.9. The number of hydrogen-bond acceptors (Lipinski definition) is 5. The Bertz CT molecular complexity index is 1000. The van der Waals surface area contributed by atoms with Crippen LogP contribution < -0.4 is 5.56 Å². The number of likely N-dealkylation sites (tertiary alicyclic amines) is 1. The standard InChI is InChI=1S/C19H16N4O3/c24-16(9-8-13-5-2-1-3-6-13)23-11-14(12-23)19-21-17(22-26-19)15-7-4-10-20-18(15)25/h1-10,14H,11-12H2,(H,20,25). The van der Waals surface area contributed by atoms with E-state index in [-0.39, 0.29) is 23.2 Å². The molecule has 1 aliphatic rings. The summed E-state index contributed by atoms with van der Waals surface area (Å²) in [7, 11) is 0. The normalized spacial score (nSPS) is 14.5. The van der Waals surface area contributed by atoms with Gasteiger partial charge in [0.25, 0.3) is 5.56 Å². The number of amides is 1. The molecule has 0 unspecified atom stereocenters. The number of hydrogen-bond donors (Lipinski definition) is 1. The maximum atomic E-state index is 12.2. The smallest absolute Gasteiger partial charge is 0.259 e. The van der Waals surface area contributed by atoms with Crippen molar-refractivity contribution >= 4 is 12.0 Å². The van der Waals surface area contributed by atoms with E-state index in [0.717, 1.165) is 5.56 Å². The minimum absolute atomic E-state index is 0.00637. The van der Waals surface area contributed by atoms with Crippen LogP contribution in [0.4, 0.5) is 0 Å². The van der Waals surface area contributed by atoms with E-state index >= 15 is 0 Å². The first-order chi connectivity index (χ1) is 12.7. The number of aromatic nitrogens is 3. The fourth-order valence-electron chi connectivity index (χ4n) is 2.76. The predicted octanol–water partition coefficient (Wildman–Crippen LogP) is 2.06. The molecule has 1 amide bonds. The summed E-state index contributed by atoms with van der Waals surface area (Å²) in [6, 6.07) is 13.0. The molecule has 2 aromatic heterocycles. The molecular weight excluding hydrogens is 332 g/mol. The second kappa shape index (κ2) is 6.79. The molecule has 0 radical (unpaired) electrons. The van der Waals surface area contributed by atoms with Gasteiger partial charge in [-0.25, -0.2) is 0 Å². The Morgan fingerprint density at radius 1 is 1.19 bits per heavy atom. The Morgan fingerprint density at radius 2 is 2.00 bits per heavy atom. The number of carbonyl (C=O) groups is 1. The van der Waals surface area contributed by atoms with Crippen LogP contribution in [0.15, 0.2) is 64.1 Å². The van der Waals surface area contributed by atoms with Crippen molar-refractivity contribution in [2.45, 2.75) is 5.92 Å². The van der Waals surface area contributed by atoms with Crippen molar-refractivity contribution in [2.24, 2.45) is 0 Å². The van der Waals surface area contributed by atoms with E-state index in [4.69, 9.17) is 4.52 Å². The molecule has 0 saturated carbocycles. The minimum Gasteiger partial charge on any atom is -0.339 e. The summed E-state index contributed by atoms with van der Waals surface area (Å²) in [5.74, 6) is 0.646. The van der Waals surface area contributed by atoms with Gasteiger partial charge in [0.15, 0.2) is 0 Å². The highest BCUT2D eigenvalue weighted by Gasteiger charge is 2.34. The second-order valence-corrected chi connectivity index (χ2v) is 6.05. The molecule has 26 heavy (non-hydrogen) atoms. The topological polar surface area (TPSA) is 92.1 Å². The highest BCUT2D eigenvalue weighted by molar-refractivity contribution is 5.92. The van der Waals surface area contributed by atoms with E-state index in [1.54, 1.807) is 35.4 Å². The molecule has 3 aromatic rings. The van der Waals surface area contributed by atoms with Crippen LogP contribution >= 0.6 is 0 Å². The quantitative estimate of drug-likeness (QED) is 0.729. The molecule has 0 bridgehead atoms. The van der Waals surface area contributed by atoms with Crippen molar-refractivity contribution in [2.75, 3.05) is 13.1 Å². The van der Waals surface area contributed by atoms with Gasteiger partial charge in [-0.05, 0) is 23.8 Å². The number of nitrogens with one attached hydrogen (secondary N) is 1. The van der Waals surface area contributed by atoms with Crippen molar-refractivity contribution in [1.82, 2.24) is 20.0 Å². The average molecular weight is 348 g/mol. The maximum Gasteiger partial charge on any atom is 0.259 e. The third-order valence-corrected chi connectivity index (χ3v) is 4.26. The predicted molar refractivity (Wildman–Crippen MR) is 95.2 cm³/mol. The van der Waals surface area contributed by atoms with Crippen LogP contribution in [-0.4, -0.2) is 39.0 Å². The number of nitrogens with zero attached hydrogens (tertiary/aromatic N) is 3. The SMILES string of the molecule is O=C(C=Cc1ccccc1)N1CC(c2nc(-c3ccc[nH]c3=O)no2)C1. The number of benzene rings is 1. The van der Waals surface area contributed by atoms with Gasteiger partial charge in [-0.3, -0.25) is 9.59 Å². The molecule has 130 valence electrons. The van der Waals surface area contributed by atoms with Crippen LogP contribution in [0, 0.1) is 0 Å². The zero-order valence-electron chi connectivity index (χ0n) is 13.8. The Labute approximate surface area is 149 Å². The van der Waals surface area contributed by atoms with Crippen molar-refractivity contribution in [3.63, 3.8) is 0 Å². The highest BCUT2D eigenvalue weighted by Crippen LogP contribution is 2.27. The molecule has 7 heteroatoms. The fourth-order valence-corrected chi connectivity index (χ4v) is 2.76. The first-order valence-corrected chi connectivity index (χ1v) is 8.24. The molecule has 0 atom stereocenters. The lowest BCUT2D eigenvalue weighted by molar-refractivity contribution is -0.130.